The molecule has 2 aromatic rings. The van der Waals surface area contributed by atoms with Crippen LogP contribution in [0.5, 0.6) is 0 Å². The first-order valence-electron chi connectivity index (χ1n) is 12.4. The lowest BCUT2D eigenvalue weighted by Gasteiger charge is -2.22. The second kappa shape index (κ2) is 14.0. The average Bonchev–Trinajstić information content (AvgIpc) is 3.29. The molecule has 202 valence electrons. The second-order valence-electron chi connectivity index (χ2n) is 9.04. The summed E-state index contributed by atoms with van der Waals surface area (Å²) in [5.74, 6) is 5.90. The zero-order valence-corrected chi connectivity index (χ0v) is 21.8. The topological polar surface area (TPSA) is 102 Å². The normalized spacial score (nSPS) is 16.8. The molecule has 3 rings (SSSR count). The number of aromatic nitrogens is 2. The van der Waals surface area contributed by atoms with Gasteiger partial charge < -0.3 is 25.8 Å². The van der Waals surface area contributed by atoms with Crippen molar-refractivity contribution in [2.75, 3.05) is 51.4 Å². The predicted octanol–water partition coefficient (Wildman–Crippen LogP) is 2.71. The molecule has 1 aliphatic heterocycles. The Hall–Kier alpha value is -4.04. The van der Waals surface area contributed by atoms with Crippen molar-refractivity contribution in [3.05, 3.63) is 54.0 Å². The molecule has 1 saturated heterocycles. The fourth-order valence-electron chi connectivity index (χ4n) is 3.79. The SMILES string of the molecule is CNc1nc(Nc2ccc(F)cc2)ncc1C#CCCCNC(=O)[C@@H]1C[C@H](F)CN1C(=O)/C=C/CN(C)C. The van der Waals surface area contributed by atoms with E-state index in [-0.39, 0.29) is 30.6 Å². The number of benzene rings is 1. The van der Waals surface area contributed by atoms with Crippen molar-refractivity contribution in [1.82, 2.24) is 25.1 Å². The summed E-state index contributed by atoms with van der Waals surface area (Å²) in [5.41, 5.74) is 1.26. The lowest BCUT2D eigenvalue weighted by atomic mass is 10.2. The van der Waals surface area contributed by atoms with Crippen LogP contribution in [0, 0.1) is 17.7 Å². The summed E-state index contributed by atoms with van der Waals surface area (Å²) in [6.07, 6.45) is 4.54. The number of likely N-dealkylation sites (N-methyl/N-ethyl adjacent to an activating group) is 1. The third-order valence-corrected chi connectivity index (χ3v) is 5.69. The average molecular weight is 526 g/mol. The van der Waals surface area contributed by atoms with Gasteiger partial charge in [0, 0.05) is 44.7 Å². The summed E-state index contributed by atoms with van der Waals surface area (Å²) in [7, 11) is 5.48. The lowest BCUT2D eigenvalue weighted by molar-refractivity contribution is -0.135. The van der Waals surface area contributed by atoms with Crippen molar-refractivity contribution in [3.63, 3.8) is 0 Å². The highest BCUT2D eigenvalue weighted by atomic mass is 19.1. The molecule has 1 aliphatic rings. The quantitative estimate of drug-likeness (QED) is 0.249. The first-order valence-corrected chi connectivity index (χ1v) is 12.4. The number of amides is 2. The molecule has 0 aliphatic carbocycles. The number of likely N-dealkylation sites (tertiary alicyclic amines) is 1. The molecule has 1 aromatic carbocycles. The fourth-order valence-corrected chi connectivity index (χ4v) is 3.79. The number of rotatable bonds is 10. The molecule has 0 radical (unpaired) electrons. The largest absolute Gasteiger partial charge is 0.372 e. The molecule has 0 saturated carbocycles. The van der Waals surface area contributed by atoms with Crippen LogP contribution in [0.4, 0.5) is 26.2 Å². The number of hydrogen-bond donors (Lipinski definition) is 3. The molecular weight excluding hydrogens is 492 g/mol. The van der Waals surface area contributed by atoms with Crippen LogP contribution in [0.3, 0.4) is 0 Å². The van der Waals surface area contributed by atoms with Crippen LogP contribution in [0.2, 0.25) is 0 Å². The van der Waals surface area contributed by atoms with E-state index >= 15 is 0 Å². The molecule has 0 unspecified atom stereocenters. The molecule has 0 bridgehead atoms. The Bertz CT molecular complexity index is 1190. The zero-order chi connectivity index (χ0) is 27.5. The maximum absolute atomic E-state index is 14.0. The van der Waals surface area contributed by atoms with Crippen LogP contribution in [0.1, 0.15) is 24.8 Å². The Morgan fingerprint density at radius 1 is 1.26 bits per heavy atom. The third kappa shape index (κ3) is 8.52. The highest BCUT2D eigenvalue weighted by Crippen LogP contribution is 2.21. The van der Waals surface area contributed by atoms with Crippen molar-refractivity contribution in [2.45, 2.75) is 31.5 Å². The van der Waals surface area contributed by atoms with Gasteiger partial charge in [-0.2, -0.15) is 4.98 Å². The molecule has 38 heavy (non-hydrogen) atoms. The van der Waals surface area contributed by atoms with Gasteiger partial charge in [0.25, 0.3) is 0 Å². The van der Waals surface area contributed by atoms with Gasteiger partial charge in [0.05, 0.1) is 18.3 Å². The second-order valence-corrected chi connectivity index (χ2v) is 9.04. The summed E-state index contributed by atoms with van der Waals surface area (Å²) in [5, 5.41) is 8.78. The van der Waals surface area contributed by atoms with E-state index in [4.69, 9.17) is 0 Å². The Labute approximate surface area is 221 Å². The fraction of sp³-hybridized carbons (Fsp3) is 0.407. The van der Waals surface area contributed by atoms with Crippen molar-refractivity contribution in [1.29, 1.82) is 0 Å². The Kier molecular flexibility index (Phi) is 10.5. The van der Waals surface area contributed by atoms with Crippen LogP contribution >= 0.6 is 0 Å². The smallest absolute Gasteiger partial charge is 0.247 e. The van der Waals surface area contributed by atoms with Gasteiger partial charge in [-0.3, -0.25) is 9.59 Å². The first-order chi connectivity index (χ1) is 18.3. The Balaban J connectivity index is 1.47. The van der Waals surface area contributed by atoms with Gasteiger partial charge in [-0.15, -0.1) is 0 Å². The van der Waals surface area contributed by atoms with Crippen molar-refractivity contribution >= 4 is 29.3 Å². The van der Waals surface area contributed by atoms with Gasteiger partial charge >= 0.3 is 0 Å². The number of unbranched alkanes of at least 4 members (excludes halogenated alkanes) is 1. The maximum atomic E-state index is 14.0. The van der Waals surface area contributed by atoms with Gasteiger partial charge in [0.2, 0.25) is 17.8 Å². The van der Waals surface area contributed by atoms with E-state index in [9.17, 15) is 18.4 Å². The van der Waals surface area contributed by atoms with Gasteiger partial charge in [0.15, 0.2) is 0 Å². The molecule has 1 fully saturated rings. The van der Waals surface area contributed by atoms with Crippen molar-refractivity contribution in [2.24, 2.45) is 0 Å². The Morgan fingerprint density at radius 3 is 2.74 bits per heavy atom. The number of hydrogen-bond acceptors (Lipinski definition) is 7. The van der Waals surface area contributed by atoms with Gasteiger partial charge in [-0.05, 0) is 44.8 Å². The van der Waals surface area contributed by atoms with Crippen LogP contribution in [-0.2, 0) is 9.59 Å². The maximum Gasteiger partial charge on any atom is 0.247 e. The predicted molar refractivity (Wildman–Crippen MR) is 143 cm³/mol. The number of alkyl halides is 1. The van der Waals surface area contributed by atoms with E-state index in [1.165, 1.54) is 23.1 Å². The first kappa shape index (κ1) is 28.5. The lowest BCUT2D eigenvalue weighted by Crippen LogP contribution is -2.45. The van der Waals surface area contributed by atoms with Crippen LogP contribution < -0.4 is 16.0 Å². The summed E-state index contributed by atoms with van der Waals surface area (Å²) >= 11 is 0. The molecule has 9 nitrogen and oxygen atoms in total. The van der Waals surface area contributed by atoms with Crippen LogP contribution in [0.15, 0.2) is 42.6 Å². The van der Waals surface area contributed by atoms with Gasteiger partial charge in [-0.25, -0.2) is 13.8 Å². The number of halogens is 2. The summed E-state index contributed by atoms with van der Waals surface area (Å²) < 4.78 is 27.1. The molecule has 0 spiro atoms. The van der Waals surface area contributed by atoms with E-state index in [1.807, 2.05) is 19.0 Å². The zero-order valence-electron chi connectivity index (χ0n) is 21.8. The number of carbonyl (C=O) groups is 2. The van der Waals surface area contributed by atoms with E-state index in [1.54, 1.807) is 31.5 Å². The van der Waals surface area contributed by atoms with Gasteiger partial charge in [-0.1, -0.05) is 17.9 Å². The highest BCUT2D eigenvalue weighted by molar-refractivity contribution is 5.93. The third-order valence-electron chi connectivity index (χ3n) is 5.69. The number of carbonyl (C=O) groups excluding carboxylic acids is 2. The van der Waals surface area contributed by atoms with E-state index in [0.29, 0.717) is 48.9 Å². The molecule has 1 aromatic heterocycles. The minimum absolute atomic E-state index is 0.00228. The van der Waals surface area contributed by atoms with Crippen LogP contribution in [-0.4, -0.2) is 84.6 Å². The van der Waals surface area contributed by atoms with Gasteiger partial charge in [0.1, 0.15) is 23.8 Å². The standard InChI is InChI=1S/C27H33F2N7O2/c1-30-25-19(17-32-27(34-25)33-22-12-10-20(28)11-13-22)8-5-4-6-14-31-26(38)23-16-21(29)18-36(23)24(37)9-7-15-35(2)3/h7,9-13,17,21,23H,4,6,14-16,18H2,1-3H3,(H,31,38)(H2,30,32,33,34)/b9-7+/t21-,23-/m0/s1. The van der Waals surface area contributed by atoms with E-state index in [0.717, 1.165) is 0 Å². The molecule has 2 heterocycles. The van der Waals surface area contributed by atoms with Crippen molar-refractivity contribution in [3.8, 4) is 11.8 Å². The molecule has 11 heteroatoms. The van der Waals surface area contributed by atoms with Crippen LogP contribution in [0.25, 0.3) is 0 Å². The molecule has 2 amide bonds. The van der Waals surface area contributed by atoms with E-state index < -0.39 is 12.2 Å². The summed E-state index contributed by atoms with van der Waals surface area (Å²) in [6, 6.07) is 5.05. The summed E-state index contributed by atoms with van der Waals surface area (Å²) in [4.78, 5) is 36.9. The highest BCUT2D eigenvalue weighted by Gasteiger charge is 2.38. The minimum Gasteiger partial charge on any atom is -0.372 e. The Morgan fingerprint density at radius 2 is 2.03 bits per heavy atom. The minimum atomic E-state index is -1.22. The van der Waals surface area contributed by atoms with E-state index in [2.05, 4.69) is 37.8 Å². The summed E-state index contributed by atoms with van der Waals surface area (Å²) in [6.45, 7) is 0.855. The van der Waals surface area contributed by atoms with Crippen molar-refractivity contribution < 1.29 is 18.4 Å². The molecule has 2 atom stereocenters. The molecule has 3 N–H and O–H groups in total. The number of nitrogens with one attached hydrogen (secondary N) is 3. The monoisotopic (exact) mass is 525 g/mol. The number of anilines is 3. The molecular formula is C27H33F2N7O2. The number of nitrogens with zero attached hydrogens (tertiary/aromatic N) is 4.